The Balaban J connectivity index is 1.91. The number of imidazole rings is 1. The molecule has 16 heavy (non-hydrogen) atoms. The number of pyridine rings is 1. The van der Waals surface area contributed by atoms with Gasteiger partial charge in [-0.05, 0) is 30.7 Å². The highest BCUT2D eigenvalue weighted by Gasteiger charge is 2.00. The standard InChI is InChI=1S/C12H15ClN2S/c13-7-2-1-3-10-16-12-6-4-5-11-14-8-9-15(11)12/h4-6,8-9H,1-3,7,10H2. The second-order valence-corrected chi connectivity index (χ2v) is 5.11. The van der Waals surface area contributed by atoms with Crippen molar-refractivity contribution in [2.45, 2.75) is 24.3 Å². The zero-order valence-corrected chi connectivity index (χ0v) is 10.7. The van der Waals surface area contributed by atoms with E-state index in [1.54, 1.807) is 0 Å². The predicted octanol–water partition coefficient (Wildman–Crippen LogP) is 3.84. The van der Waals surface area contributed by atoms with E-state index in [4.69, 9.17) is 11.6 Å². The van der Waals surface area contributed by atoms with E-state index in [1.807, 2.05) is 30.2 Å². The summed E-state index contributed by atoms with van der Waals surface area (Å²) < 4.78 is 2.13. The minimum atomic E-state index is 0.780. The minimum Gasteiger partial charge on any atom is -0.294 e. The third kappa shape index (κ3) is 2.92. The average molecular weight is 255 g/mol. The third-order valence-corrected chi connectivity index (χ3v) is 3.81. The van der Waals surface area contributed by atoms with Crippen LogP contribution in [0, 0.1) is 0 Å². The van der Waals surface area contributed by atoms with Crippen LogP contribution in [0.25, 0.3) is 5.65 Å². The van der Waals surface area contributed by atoms with Crippen molar-refractivity contribution in [3.8, 4) is 0 Å². The van der Waals surface area contributed by atoms with Crippen molar-refractivity contribution in [1.29, 1.82) is 0 Å². The van der Waals surface area contributed by atoms with E-state index in [0.29, 0.717) is 0 Å². The lowest BCUT2D eigenvalue weighted by atomic mass is 10.3. The Hall–Kier alpha value is -0.670. The van der Waals surface area contributed by atoms with Crippen molar-refractivity contribution < 1.29 is 0 Å². The smallest absolute Gasteiger partial charge is 0.137 e. The molecular formula is C12H15ClN2S. The summed E-state index contributed by atoms with van der Waals surface area (Å²) in [5.41, 5.74) is 1.02. The van der Waals surface area contributed by atoms with Crippen LogP contribution in [-0.4, -0.2) is 21.0 Å². The Labute approximate surface area is 105 Å². The van der Waals surface area contributed by atoms with Crippen LogP contribution < -0.4 is 0 Å². The van der Waals surface area contributed by atoms with Gasteiger partial charge in [0.1, 0.15) is 5.65 Å². The maximum absolute atomic E-state index is 5.64. The number of hydrogen-bond donors (Lipinski definition) is 0. The highest BCUT2D eigenvalue weighted by Crippen LogP contribution is 2.20. The molecule has 0 aliphatic rings. The number of aromatic nitrogens is 2. The van der Waals surface area contributed by atoms with E-state index >= 15 is 0 Å². The van der Waals surface area contributed by atoms with Gasteiger partial charge in [0, 0.05) is 18.3 Å². The van der Waals surface area contributed by atoms with Crippen molar-refractivity contribution in [2.75, 3.05) is 11.6 Å². The molecule has 0 aliphatic carbocycles. The molecule has 0 unspecified atom stereocenters. The van der Waals surface area contributed by atoms with Crippen molar-refractivity contribution in [3.05, 3.63) is 30.6 Å². The second-order valence-electron chi connectivity index (χ2n) is 3.62. The number of nitrogens with zero attached hydrogens (tertiary/aromatic N) is 2. The SMILES string of the molecule is ClCCCCCSc1cccc2nccn12. The van der Waals surface area contributed by atoms with Crippen molar-refractivity contribution >= 4 is 29.0 Å². The van der Waals surface area contributed by atoms with Crippen LogP contribution >= 0.6 is 23.4 Å². The number of rotatable bonds is 6. The Morgan fingerprint density at radius 1 is 1.25 bits per heavy atom. The van der Waals surface area contributed by atoms with Crippen LogP contribution in [0.2, 0.25) is 0 Å². The Kier molecular flexibility index (Phi) is 4.55. The van der Waals surface area contributed by atoms with Crippen LogP contribution in [0.4, 0.5) is 0 Å². The van der Waals surface area contributed by atoms with Crippen molar-refractivity contribution in [2.24, 2.45) is 0 Å². The third-order valence-electron chi connectivity index (χ3n) is 2.42. The number of unbranched alkanes of at least 4 members (excludes halogenated alkanes) is 2. The quantitative estimate of drug-likeness (QED) is 0.443. The molecule has 0 amide bonds. The molecular weight excluding hydrogens is 240 g/mol. The lowest BCUT2D eigenvalue weighted by molar-refractivity contribution is 0.782. The second kappa shape index (κ2) is 6.16. The number of thioether (sulfide) groups is 1. The van der Waals surface area contributed by atoms with Gasteiger partial charge >= 0.3 is 0 Å². The number of fused-ring (bicyclic) bond motifs is 1. The molecule has 0 aliphatic heterocycles. The normalized spacial score (nSPS) is 11.1. The molecule has 0 saturated carbocycles. The molecule has 0 atom stereocenters. The van der Waals surface area contributed by atoms with E-state index in [1.165, 1.54) is 17.9 Å². The molecule has 2 aromatic rings. The monoisotopic (exact) mass is 254 g/mol. The Morgan fingerprint density at radius 3 is 3.06 bits per heavy atom. The Morgan fingerprint density at radius 2 is 2.19 bits per heavy atom. The van der Waals surface area contributed by atoms with E-state index in [2.05, 4.69) is 21.5 Å². The summed E-state index contributed by atoms with van der Waals surface area (Å²) in [4.78, 5) is 4.27. The van der Waals surface area contributed by atoms with Crippen LogP contribution in [0.15, 0.2) is 35.6 Å². The summed E-state index contributed by atoms with van der Waals surface area (Å²) in [7, 11) is 0. The van der Waals surface area contributed by atoms with Gasteiger partial charge in [-0.1, -0.05) is 12.5 Å². The van der Waals surface area contributed by atoms with Gasteiger partial charge in [-0.15, -0.1) is 23.4 Å². The van der Waals surface area contributed by atoms with E-state index in [0.717, 1.165) is 23.7 Å². The highest BCUT2D eigenvalue weighted by molar-refractivity contribution is 7.99. The minimum absolute atomic E-state index is 0.780. The van der Waals surface area contributed by atoms with Gasteiger partial charge in [0.2, 0.25) is 0 Å². The van der Waals surface area contributed by atoms with Crippen LogP contribution in [0.5, 0.6) is 0 Å². The largest absolute Gasteiger partial charge is 0.294 e. The van der Waals surface area contributed by atoms with Gasteiger partial charge in [-0.3, -0.25) is 4.40 Å². The lowest BCUT2D eigenvalue weighted by Gasteiger charge is -2.04. The summed E-state index contributed by atoms with van der Waals surface area (Å²) in [5.74, 6) is 1.93. The number of hydrogen-bond acceptors (Lipinski definition) is 2. The molecule has 86 valence electrons. The summed E-state index contributed by atoms with van der Waals surface area (Å²) in [6.45, 7) is 0. The molecule has 0 radical (unpaired) electrons. The predicted molar refractivity (Wildman–Crippen MR) is 70.5 cm³/mol. The van der Waals surface area contributed by atoms with Gasteiger partial charge in [-0.25, -0.2) is 4.98 Å². The summed E-state index contributed by atoms with van der Waals surface area (Å²) >= 11 is 7.53. The van der Waals surface area contributed by atoms with Gasteiger partial charge in [0.25, 0.3) is 0 Å². The van der Waals surface area contributed by atoms with E-state index < -0.39 is 0 Å². The zero-order valence-electron chi connectivity index (χ0n) is 9.10. The molecule has 0 spiro atoms. The van der Waals surface area contributed by atoms with Gasteiger partial charge < -0.3 is 0 Å². The molecule has 0 fully saturated rings. The fourth-order valence-electron chi connectivity index (χ4n) is 1.59. The fraction of sp³-hybridized carbons (Fsp3) is 0.417. The van der Waals surface area contributed by atoms with Crippen LogP contribution in [0.1, 0.15) is 19.3 Å². The topological polar surface area (TPSA) is 17.3 Å². The molecule has 2 aromatic heterocycles. The first-order chi connectivity index (χ1) is 7.92. The fourth-order valence-corrected chi connectivity index (χ4v) is 2.80. The van der Waals surface area contributed by atoms with Gasteiger partial charge in [0.15, 0.2) is 0 Å². The molecule has 0 saturated heterocycles. The van der Waals surface area contributed by atoms with Gasteiger partial charge in [-0.2, -0.15) is 0 Å². The number of alkyl halides is 1. The molecule has 0 bridgehead atoms. The first-order valence-corrected chi connectivity index (χ1v) is 7.04. The maximum Gasteiger partial charge on any atom is 0.137 e. The first-order valence-electron chi connectivity index (χ1n) is 5.52. The zero-order chi connectivity index (χ0) is 11.2. The van der Waals surface area contributed by atoms with Crippen LogP contribution in [-0.2, 0) is 0 Å². The number of halogens is 1. The van der Waals surface area contributed by atoms with E-state index in [9.17, 15) is 0 Å². The summed E-state index contributed by atoms with van der Waals surface area (Å²) in [6.07, 6.45) is 7.42. The average Bonchev–Trinajstić information content (AvgIpc) is 2.77. The molecule has 2 heterocycles. The summed E-state index contributed by atoms with van der Waals surface area (Å²) in [6, 6.07) is 6.22. The van der Waals surface area contributed by atoms with Gasteiger partial charge in [0.05, 0.1) is 5.03 Å². The van der Waals surface area contributed by atoms with Crippen molar-refractivity contribution in [1.82, 2.24) is 9.38 Å². The van der Waals surface area contributed by atoms with Crippen LogP contribution in [0.3, 0.4) is 0 Å². The lowest BCUT2D eigenvalue weighted by Crippen LogP contribution is -1.90. The Bertz CT molecular complexity index is 441. The maximum atomic E-state index is 5.64. The molecule has 0 aromatic carbocycles. The molecule has 2 rings (SSSR count). The highest BCUT2D eigenvalue weighted by atomic mass is 35.5. The molecule has 0 N–H and O–H groups in total. The molecule has 2 nitrogen and oxygen atoms in total. The summed E-state index contributed by atoms with van der Waals surface area (Å²) in [5, 5.41) is 1.26. The first kappa shape index (κ1) is 11.8. The molecule has 4 heteroatoms. The van der Waals surface area contributed by atoms with Crippen molar-refractivity contribution in [3.63, 3.8) is 0 Å². The van der Waals surface area contributed by atoms with E-state index in [-0.39, 0.29) is 0 Å².